The van der Waals surface area contributed by atoms with Crippen LogP contribution in [0.15, 0.2) is 60.0 Å². The number of ether oxygens (including phenoxy) is 1. The lowest BCUT2D eigenvalue weighted by Gasteiger charge is -2.22. The molecule has 0 radical (unpaired) electrons. The van der Waals surface area contributed by atoms with E-state index in [-0.39, 0.29) is 18.3 Å². The maximum absolute atomic E-state index is 12.6. The van der Waals surface area contributed by atoms with Gasteiger partial charge in [-0.1, -0.05) is 12.1 Å². The monoisotopic (exact) mass is 505 g/mol. The second-order valence-electron chi connectivity index (χ2n) is 8.47. The van der Waals surface area contributed by atoms with Crippen molar-refractivity contribution in [1.82, 2.24) is 4.98 Å². The molecule has 2 aromatic heterocycles. The van der Waals surface area contributed by atoms with Gasteiger partial charge in [0.1, 0.15) is 5.75 Å². The largest absolute Gasteiger partial charge is 0.495 e. The fourth-order valence-corrected chi connectivity index (χ4v) is 5.24. The number of para-hydroxylation sites is 2. The van der Waals surface area contributed by atoms with Crippen LogP contribution in [-0.2, 0) is 17.6 Å². The number of rotatable bonds is 6. The van der Waals surface area contributed by atoms with Gasteiger partial charge in [0.15, 0.2) is 0 Å². The van der Waals surface area contributed by atoms with Gasteiger partial charge >= 0.3 is 0 Å². The average Bonchev–Trinajstić information content (AvgIpc) is 3.27. The number of aromatic nitrogens is 1. The van der Waals surface area contributed by atoms with Crippen molar-refractivity contribution in [2.45, 2.75) is 32.6 Å². The van der Waals surface area contributed by atoms with Crippen molar-refractivity contribution in [3.05, 3.63) is 81.7 Å². The van der Waals surface area contributed by atoms with Gasteiger partial charge in [0.2, 0.25) is 5.91 Å². The second-order valence-corrected chi connectivity index (χ2v) is 9.41. The van der Waals surface area contributed by atoms with Crippen molar-refractivity contribution in [3.63, 3.8) is 0 Å². The van der Waals surface area contributed by atoms with Crippen molar-refractivity contribution in [2.24, 2.45) is 0 Å². The molecule has 5 rings (SSSR count). The number of anilines is 3. The van der Waals surface area contributed by atoms with Gasteiger partial charge in [0, 0.05) is 27.7 Å². The van der Waals surface area contributed by atoms with Crippen LogP contribution in [0.2, 0.25) is 0 Å². The van der Waals surface area contributed by atoms with E-state index in [0.717, 1.165) is 70.0 Å². The molecule has 4 aromatic rings. The highest BCUT2D eigenvalue weighted by Gasteiger charge is 2.19. The molecular weight excluding hydrogens is 478 g/mol. The summed E-state index contributed by atoms with van der Waals surface area (Å²) >= 11 is 1.62. The molecule has 2 heterocycles. The van der Waals surface area contributed by atoms with E-state index in [4.69, 9.17) is 9.72 Å². The van der Waals surface area contributed by atoms with E-state index in [9.17, 15) is 4.79 Å². The number of hydrogen-bond donors (Lipinski definition) is 2. The zero-order valence-corrected chi connectivity index (χ0v) is 21.4. The van der Waals surface area contributed by atoms with Crippen molar-refractivity contribution >= 4 is 63.7 Å². The minimum Gasteiger partial charge on any atom is -0.495 e. The number of thiophene rings is 1. The molecule has 0 fully saturated rings. The van der Waals surface area contributed by atoms with E-state index in [0.29, 0.717) is 0 Å². The number of amides is 1. The maximum Gasteiger partial charge on any atom is 0.248 e. The van der Waals surface area contributed by atoms with Crippen LogP contribution in [0.1, 0.15) is 34.5 Å². The molecule has 0 aliphatic heterocycles. The second kappa shape index (κ2) is 10.9. The lowest BCUT2D eigenvalue weighted by atomic mass is 9.92. The molecule has 2 N–H and O–H groups in total. The summed E-state index contributed by atoms with van der Waals surface area (Å²) in [5.74, 6) is 0.632. The smallest absolute Gasteiger partial charge is 0.248 e. The lowest BCUT2D eigenvalue weighted by Crippen LogP contribution is -2.11. The Morgan fingerprint density at radius 3 is 2.74 bits per heavy atom. The van der Waals surface area contributed by atoms with Gasteiger partial charge < -0.3 is 15.4 Å². The topological polar surface area (TPSA) is 63.2 Å². The molecule has 35 heavy (non-hydrogen) atoms. The maximum atomic E-state index is 12.6. The molecule has 2 aromatic carbocycles. The van der Waals surface area contributed by atoms with Gasteiger partial charge in [0.05, 0.1) is 24.0 Å². The van der Waals surface area contributed by atoms with Gasteiger partial charge in [-0.05, 0) is 91.6 Å². The number of carbonyl (C=O) groups excluding carboxylic acids is 1. The Balaban J connectivity index is 0.00000289. The molecule has 0 unspecified atom stereocenters. The Morgan fingerprint density at radius 1 is 1.11 bits per heavy atom. The standard InChI is InChI=1S/C28H27N3O2S.ClH/c1-18-15-16-34-26(18)13-14-27(32)29-19-11-12-23-21(17-19)28(20-7-3-4-8-22(20)30-23)31-24-9-5-6-10-25(24)33-2;/h5-6,9-17H,3-4,7-8H2,1-2H3,(H,29,32)(H,30,31);1H. The van der Waals surface area contributed by atoms with Crippen molar-refractivity contribution < 1.29 is 9.53 Å². The van der Waals surface area contributed by atoms with E-state index >= 15 is 0 Å². The van der Waals surface area contributed by atoms with Crippen molar-refractivity contribution in [2.75, 3.05) is 17.7 Å². The zero-order valence-electron chi connectivity index (χ0n) is 19.8. The molecule has 1 amide bonds. The van der Waals surface area contributed by atoms with Crippen LogP contribution in [0.25, 0.3) is 17.0 Å². The summed E-state index contributed by atoms with van der Waals surface area (Å²) < 4.78 is 5.57. The van der Waals surface area contributed by atoms with E-state index in [1.54, 1.807) is 24.5 Å². The van der Waals surface area contributed by atoms with Crippen LogP contribution in [0, 0.1) is 6.92 Å². The zero-order chi connectivity index (χ0) is 23.5. The van der Waals surface area contributed by atoms with Crippen LogP contribution in [0.4, 0.5) is 17.1 Å². The van der Waals surface area contributed by atoms with Gasteiger partial charge in [-0.15, -0.1) is 23.7 Å². The Bertz CT molecular complexity index is 1400. The van der Waals surface area contributed by atoms with Crippen LogP contribution in [0.5, 0.6) is 5.75 Å². The van der Waals surface area contributed by atoms with Gasteiger partial charge in [0.25, 0.3) is 0 Å². The highest BCUT2D eigenvalue weighted by molar-refractivity contribution is 7.11. The summed E-state index contributed by atoms with van der Waals surface area (Å²) in [5, 5.41) is 9.66. The minimum absolute atomic E-state index is 0. The SMILES string of the molecule is COc1ccccc1Nc1c2c(nc3ccc(NC(=O)C=Cc4sccc4C)cc13)CCCC2.Cl. The normalized spacial score (nSPS) is 12.7. The Labute approximate surface area is 215 Å². The van der Waals surface area contributed by atoms with Crippen LogP contribution >= 0.6 is 23.7 Å². The Kier molecular flexibility index (Phi) is 7.73. The molecule has 1 aliphatic rings. The number of nitrogens with one attached hydrogen (secondary N) is 2. The molecule has 180 valence electrons. The number of pyridine rings is 1. The number of carbonyl (C=O) groups is 1. The lowest BCUT2D eigenvalue weighted by molar-refractivity contribution is -0.111. The number of fused-ring (bicyclic) bond motifs is 2. The van der Waals surface area contributed by atoms with Crippen LogP contribution in [0.3, 0.4) is 0 Å². The van der Waals surface area contributed by atoms with Crippen molar-refractivity contribution in [1.29, 1.82) is 0 Å². The molecule has 1 aliphatic carbocycles. The predicted molar refractivity (Wildman–Crippen MR) is 149 cm³/mol. The summed E-state index contributed by atoms with van der Waals surface area (Å²) in [4.78, 5) is 18.7. The summed E-state index contributed by atoms with van der Waals surface area (Å²) in [6.45, 7) is 2.04. The molecule has 0 saturated heterocycles. The van der Waals surface area contributed by atoms with E-state index < -0.39 is 0 Å². The summed E-state index contributed by atoms with van der Waals surface area (Å²) in [7, 11) is 1.68. The third-order valence-corrected chi connectivity index (χ3v) is 7.17. The minimum atomic E-state index is -0.155. The summed E-state index contributed by atoms with van der Waals surface area (Å²) in [6, 6.07) is 15.9. The van der Waals surface area contributed by atoms with Gasteiger partial charge in [-0.25, -0.2) is 0 Å². The first kappa shape index (κ1) is 24.8. The average molecular weight is 506 g/mol. The number of halogens is 1. The molecule has 7 heteroatoms. The summed E-state index contributed by atoms with van der Waals surface area (Å²) in [5.41, 5.74) is 7.19. The predicted octanol–water partition coefficient (Wildman–Crippen LogP) is 7.31. The molecular formula is C28H28ClN3O2S. The number of hydrogen-bond acceptors (Lipinski definition) is 5. The number of aryl methyl sites for hydroxylation is 2. The summed E-state index contributed by atoms with van der Waals surface area (Å²) in [6.07, 6.45) is 7.71. The molecule has 5 nitrogen and oxygen atoms in total. The van der Waals surface area contributed by atoms with E-state index in [2.05, 4.69) is 16.7 Å². The highest BCUT2D eigenvalue weighted by Crippen LogP contribution is 2.38. The Morgan fingerprint density at radius 2 is 1.94 bits per heavy atom. The van der Waals surface area contributed by atoms with Crippen LogP contribution in [-0.4, -0.2) is 18.0 Å². The molecule has 0 atom stereocenters. The third-order valence-electron chi connectivity index (χ3n) is 6.18. The van der Waals surface area contributed by atoms with Crippen LogP contribution < -0.4 is 15.4 Å². The van der Waals surface area contributed by atoms with Gasteiger partial charge in [-0.2, -0.15) is 0 Å². The van der Waals surface area contributed by atoms with E-state index in [1.165, 1.54) is 11.1 Å². The first-order chi connectivity index (χ1) is 16.6. The van der Waals surface area contributed by atoms with Crippen molar-refractivity contribution in [3.8, 4) is 5.75 Å². The third kappa shape index (κ3) is 5.34. The molecule has 0 saturated carbocycles. The van der Waals surface area contributed by atoms with Gasteiger partial charge in [-0.3, -0.25) is 9.78 Å². The van der Waals surface area contributed by atoms with E-state index in [1.807, 2.05) is 60.8 Å². The Hall–Kier alpha value is -3.35. The quantitative estimate of drug-likeness (QED) is 0.270. The fourth-order valence-electron chi connectivity index (χ4n) is 4.42. The first-order valence-corrected chi connectivity index (χ1v) is 12.4. The number of benzene rings is 2. The highest BCUT2D eigenvalue weighted by atomic mass is 35.5. The number of methoxy groups -OCH3 is 1. The number of nitrogens with zero attached hydrogens (tertiary/aromatic N) is 1. The first-order valence-electron chi connectivity index (χ1n) is 11.5. The molecule has 0 bridgehead atoms. The molecule has 0 spiro atoms. The fraction of sp³-hybridized carbons (Fsp3) is 0.214.